The summed E-state index contributed by atoms with van der Waals surface area (Å²) in [6, 6.07) is 0. The summed E-state index contributed by atoms with van der Waals surface area (Å²) in [5.74, 6) is -1.89. The molecule has 0 aliphatic heterocycles. The number of aliphatic hydroxyl groups excluding tert-OH is 1. The summed E-state index contributed by atoms with van der Waals surface area (Å²) in [6.45, 7) is 5.73. The first-order chi connectivity index (χ1) is 5.61. The third-order valence-electron chi connectivity index (χ3n) is 0.883. The first-order valence-corrected chi connectivity index (χ1v) is 3.04. The van der Waals surface area contributed by atoms with Crippen LogP contribution >= 0.6 is 0 Å². The van der Waals surface area contributed by atoms with Gasteiger partial charge in [0.2, 0.25) is 0 Å². The minimum Gasteiger partial charge on any atom is -0.418 e. The molecule has 0 unspecified atom stereocenters. The van der Waals surface area contributed by atoms with E-state index in [1.54, 1.807) is 0 Å². The highest BCUT2D eigenvalue weighted by Crippen LogP contribution is 1.93. The molecule has 0 saturated heterocycles. The van der Waals surface area contributed by atoms with E-state index < -0.39 is 18.6 Å². The zero-order valence-corrected chi connectivity index (χ0v) is 6.37. The fourth-order valence-electron chi connectivity index (χ4n) is 0.380. The number of ether oxygens (including phenoxy) is 1. The van der Waals surface area contributed by atoms with Crippen molar-refractivity contribution in [3.05, 3.63) is 25.0 Å². The SMILES string of the molecule is C=CC(=O)OC(=C)C(=O)NCO. The molecule has 0 aromatic carbocycles. The highest BCUT2D eigenvalue weighted by molar-refractivity contribution is 5.94. The van der Waals surface area contributed by atoms with Crippen molar-refractivity contribution >= 4 is 11.9 Å². The van der Waals surface area contributed by atoms with Crippen molar-refractivity contribution in [3.63, 3.8) is 0 Å². The minimum atomic E-state index is -0.770. The molecule has 1 amide bonds. The molecule has 0 aliphatic carbocycles. The van der Waals surface area contributed by atoms with Crippen LogP contribution in [0.3, 0.4) is 0 Å². The molecule has 5 heteroatoms. The van der Waals surface area contributed by atoms with Gasteiger partial charge in [0, 0.05) is 6.08 Å². The molecule has 0 atom stereocenters. The molecule has 2 N–H and O–H groups in total. The van der Waals surface area contributed by atoms with Gasteiger partial charge in [-0.2, -0.15) is 0 Å². The summed E-state index contributed by atoms with van der Waals surface area (Å²) in [7, 11) is 0. The van der Waals surface area contributed by atoms with E-state index >= 15 is 0 Å². The van der Waals surface area contributed by atoms with E-state index in [0.717, 1.165) is 6.08 Å². The lowest BCUT2D eigenvalue weighted by Crippen LogP contribution is -2.27. The molecular weight excluding hydrogens is 162 g/mol. The van der Waals surface area contributed by atoms with Gasteiger partial charge < -0.3 is 15.2 Å². The van der Waals surface area contributed by atoms with Crippen LogP contribution in [-0.2, 0) is 14.3 Å². The van der Waals surface area contributed by atoms with Gasteiger partial charge in [0.25, 0.3) is 5.91 Å². The predicted molar refractivity (Wildman–Crippen MR) is 40.7 cm³/mol. The Morgan fingerprint density at radius 1 is 1.58 bits per heavy atom. The maximum absolute atomic E-state index is 10.7. The number of esters is 1. The smallest absolute Gasteiger partial charge is 0.335 e. The summed E-state index contributed by atoms with van der Waals surface area (Å²) < 4.78 is 4.34. The number of hydrogen-bond acceptors (Lipinski definition) is 4. The van der Waals surface area contributed by atoms with Crippen LogP contribution in [0, 0.1) is 0 Å². The maximum atomic E-state index is 10.7. The molecule has 12 heavy (non-hydrogen) atoms. The zero-order chi connectivity index (χ0) is 9.56. The van der Waals surface area contributed by atoms with E-state index in [0.29, 0.717) is 0 Å². The highest BCUT2D eigenvalue weighted by Gasteiger charge is 2.09. The van der Waals surface area contributed by atoms with E-state index in [9.17, 15) is 9.59 Å². The van der Waals surface area contributed by atoms with Gasteiger partial charge in [0.15, 0.2) is 5.76 Å². The van der Waals surface area contributed by atoms with E-state index in [-0.39, 0.29) is 5.76 Å². The van der Waals surface area contributed by atoms with Crippen molar-refractivity contribution in [2.75, 3.05) is 6.73 Å². The fourth-order valence-corrected chi connectivity index (χ4v) is 0.380. The molecule has 0 rings (SSSR count). The topological polar surface area (TPSA) is 75.6 Å². The standard InChI is InChI=1S/C7H9NO4/c1-3-6(10)12-5(2)7(11)8-4-9/h3,9H,1-2,4H2,(H,8,11). The third kappa shape index (κ3) is 3.52. The molecule has 0 aromatic heterocycles. The number of aliphatic hydroxyl groups is 1. The lowest BCUT2D eigenvalue weighted by molar-refractivity contribution is -0.138. The van der Waals surface area contributed by atoms with Crippen molar-refractivity contribution < 1.29 is 19.4 Å². The number of carbonyl (C=O) groups excluding carboxylic acids is 2. The van der Waals surface area contributed by atoms with E-state index in [1.807, 2.05) is 5.32 Å². The summed E-state index contributed by atoms with van der Waals surface area (Å²) in [5.41, 5.74) is 0. The minimum absolute atomic E-state index is 0.381. The second-order valence-corrected chi connectivity index (χ2v) is 1.71. The average Bonchev–Trinajstić information content (AvgIpc) is 2.04. The Labute approximate surface area is 69.3 Å². The molecule has 5 nitrogen and oxygen atoms in total. The second-order valence-electron chi connectivity index (χ2n) is 1.71. The molecular formula is C7H9NO4. The Balaban J connectivity index is 3.95. The molecule has 0 saturated carbocycles. The molecule has 0 spiro atoms. The van der Waals surface area contributed by atoms with Gasteiger partial charge in [-0.3, -0.25) is 4.79 Å². The Hall–Kier alpha value is -1.62. The zero-order valence-electron chi connectivity index (χ0n) is 6.37. The Bertz CT molecular complexity index is 221. The number of nitrogens with one attached hydrogen (secondary N) is 1. The first kappa shape index (κ1) is 10.4. The van der Waals surface area contributed by atoms with Crippen LogP contribution in [0.1, 0.15) is 0 Å². The number of hydrogen-bond donors (Lipinski definition) is 2. The molecule has 0 bridgehead atoms. The van der Waals surface area contributed by atoms with Crippen LogP contribution in [-0.4, -0.2) is 23.7 Å². The average molecular weight is 171 g/mol. The summed E-state index contributed by atoms with van der Waals surface area (Å²) in [5, 5.41) is 10.2. The largest absolute Gasteiger partial charge is 0.418 e. The van der Waals surface area contributed by atoms with Crippen LogP contribution in [0.4, 0.5) is 0 Å². The Kier molecular flexibility index (Phi) is 4.40. The highest BCUT2D eigenvalue weighted by atomic mass is 16.5. The molecule has 66 valence electrons. The van der Waals surface area contributed by atoms with Gasteiger partial charge in [0.1, 0.15) is 6.73 Å². The third-order valence-corrected chi connectivity index (χ3v) is 0.883. The van der Waals surface area contributed by atoms with Gasteiger partial charge in [-0.05, 0) is 0 Å². The monoisotopic (exact) mass is 171 g/mol. The van der Waals surface area contributed by atoms with Crippen LogP contribution in [0.2, 0.25) is 0 Å². The molecule has 0 fully saturated rings. The van der Waals surface area contributed by atoms with Crippen molar-refractivity contribution in [1.29, 1.82) is 0 Å². The van der Waals surface area contributed by atoms with Crippen LogP contribution in [0.25, 0.3) is 0 Å². The second kappa shape index (κ2) is 5.09. The van der Waals surface area contributed by atoms with Gasteiger partial charge in [-0.15, -0.1) is 0 Å². The normalized spacial score (nSPS) is 8.42. The van der Waals surface area contributed by atoms with Gasteiger partial charge in [0.05, 0.1) is 0 Å². The summed E-state index contributed by atoms with van der Waals surface area (Å²) in [4.78, 5) is 21.2. The number of amides is 1. The maximum Gasteiger partial charge on any atom is 0.335 e. The van der Waals surface area contributed by atoms with Crippen molar-refractivity contribution in [3.8, 4) is 0 Å². The van der Waals surface area contributed by atoms with Crippen molar-refractivity contribution in [2.24, 2.45) is 0 Å². The van der Waals surface area contributed by atoms with Crippen LogP contribution < -0.4 is 5.32 Å². The molecule has 0 aromatic rings. The summed E-state index contributed by atoms with van der Waals surface area (Å²) >= 11 is 0. The van der Waals surface area contributed by atoms with Gasteiger partial charge in [-0.1, -0.05) is 13.2 Å². The Morgan fingerprint density at radius 3 is 2.58 bits per heavy atom. The first-order valence-electron chi connectivity index (χ1n) is 3.04. The van der Waals surface area contributed by atoms with E-state index in [2.05, 4.69) is 17.9 Å². The van der Waals surface area contributed by atoms with Gasteiger partial charge in [-0.25, -0.2) is 4.79 Å². The predicted octanol–water partition coefficient (Wildman–Crippen LogP) is -0.705. The fraction of sp³-hybridized carbons (Fsp3) is 0.143. The quantitative estimate of drug-likeness (QED) is 0.254. The molecule has 0 radical (unpaired) electrons. The van der Waals surface area contributed by atoms with Crippen molar-refractivity contribution in [2.45, 2.75) is 0 Å². The van der Waals surface area contributed by atoms with E-state index in [4.69, 9.17) is 5.11 Å². The van der Waals surface area contributed by atoms with Crippen LogP contribution in [0.5, 0.6) is 0 Å². The lowest BCUT2D eigenvalue weighted by atomic mass is 10.5. The number of rotatable bonds is 4. The van der Waals surface area contributed by atoms with Crippen LogP contribution in [0.15, 0.2) is 25.0 Å². The Morgan fingerprint density at radius 2 is 2.17 bits per heavy atom. The van der Waals surface area contributed by atoms with Crippen molar-refractivity contribution in [1.82, 2.24) is 5.32 Å². The molecule has 0 aliphatic rings. The van der Waals surface area contributed by atoms with Gasteiger partial charge >= 0.3 is 5.97 Å². The molecule has 0 heterocycles. The lowest BCUT2D eigenvalue weighted by Gasteiger charge is -2.03. The number of carbonyl (C=O) groups is 2. The van der Waals surface area contributed by atoms with E-state index in [1.165, 1.54) is 0 Å². The summed E-state index contributed by atoms with van der Waals surface area (Å²) in [6.07, 6.45) is 0.900.